The van der Waals surface area contributed by atoms with Gasteiger partial charge in [0.1, 0.15) is 18.1 Å². The van der Waals surface area contributed by atoms with E-state index in [-0.39, 0.29) is 19.2 Å². The molecule has 1 aromatic carbocycles. The molecule has 2 aromatic rings. The van der Waals surface area contributed by atoms with Crippen LogP contribution in [0.2, 0.25) is 0 Å². The number of hydrogen-bond acceptors (Lipinski definition) is 5. The molecule has 1 aromatic heterocycles. The van der Waals surface area contributed by atoms with Crippen molar-refractivity contribution in [3.8, 4) is 35.1 Å². The fourth-order valence-corrected chi connectivity index (χ4v) is 2.07. The second-order valence-corrected chi connectivity index (χ2v) is 4.20. The first-order valence-electron chi connectivity index (χ1n) is 5.89. The molecule has 2 heterocycles. The van der Waals surface area contributed by atoms with Gasteiger partial charge in [-0.2, -0.15) is 5.10 Å². The summed E-state index contributed by atoms with van der Waals surface area (Å²) in [4.78, 5) is 11.2. The van der Waals surface area contributed by atoms with E-state index in [4.69, 9.17) is 21.6 Å². The Morgan fingerprint density at radius 1 is 1.45 bits per heavy atom. The highest BCUT2D eigenvalue weighted by Gasteiger charge is 2.19. The Labute approximate surface area is 115 Å². The molecule has 0 aliphatic carbocycles. The van der Waals surface area contributed by atoms with Crippen LogP contribution in [0.3, 0.4) is 0 Å². The van der Waals surface area contributed by atoms with Crippen molar-refractivity contribution < 1.29 is 14.3 Å². The molecule has 0 radical (unpaired) electrons. The summed E-state index contributed by atoms with van der Waals surface area (Å²) in [5.41, 5.74) is 7.39. The molecule has 100 valence electrons. The number of benzene rings is 1. The molecule has 0 fully saturated rings. The Morgan fingerprint density at radius 3 is 3.00 bits per heavy atom. The molecule has 0 saturated heterocycles. The van der Waals surface area contributed by atoms with Crippen LogP contribution in [0.25, 0.3) is 11.3 Å². The van der Waals surface area contributed by atoms with Gasteiger partial charge >= 0.3 is 0 Å². The average Bonchev–Trinajstić information content (AvgIpc) is 3.03. The molecule has 0 bridgehead atoms. The first-order valence-corrected chi connectivity index (χ1v) is 5.89. The van der Waals surface area contributed by atoms with Gasteiger partial charge in [-0.1, -0.05) is 5.92 Å². The summed E-state index contributed by atoms with van der Waals surface area (Å²) in [5, 5.41) is 4.29. The number of anilines is 1. The van der Waals surface area contributed by atoms with Crippen LogP contribution in [0.4, 0.5) is 5.82 Å². The summed E-state index contributed by atoms with van der Waals surface area (Å²) in [6.45, 7) is 0.393. The number of hydrogen-bond donors (Lipinski definition) is 1. The number of aldehydes is 1. The molecule has 20 heavy (non-hydrogen) atoms. The standard InChI is InChI=1S/C14H11N3O3/c1-2-5-17-14(15)10(7-18)13(16-17)9-3-4-11-12(6-9)20-8-19-11/h1,3-4,6-7H,5,8,15H2. The Kier molecular flexibility index (Phi) is 2.80. The van der Waals surface area contributed by atoms with E-state index in [1.54, 1.807) is 18.2 Å². The number of nitrogens with zero attached hydrogens (tertiary/aromatic N) is 2. The highest BCUT2D eigenvalue weighted by molar-refractivity contribution is 5.91. The molecule has 6 nitrogen and oxygen atoms in total. The molecule has 0 saturated carbocycles. The van der Waals surface area contributed by atoms with Crippen LogP contribution in [0.15, 0.2) is 18.2 Å². The summed E-state index contributed by atoms with van der Waals surface area (Å²) in [5.74, 6) is 3.98. The van der Waals surface area contributed by atoms with E-state index in [0.29, 0.717) is 29.0 Å². The third-order valence-electron chi connectivity index (χ3n) is 3.03. The third kappa shape index (κ3) is 1.77. The van der Waals surface area contributed by atoms with Gasteiger partial charge in [-0.25, -0.2) is 4.68 Å². The molecule has 3 rings (SSSR count). The maximum absolute atomic E-state index is 11.2. The van der Waals surface area contributed by atoms with E-state index in [0.717, 1.165) is 5.56 Å². The maximum atomic E-state index is 11.2. The predicted molar refractivity (Wildman–Crippen MR) is 72.4 cm³/mol. The number of carbonyl (C=O) groups excluding carboxylic acids is 1. The fraction of sp³-hybridized carbons (Fsp3) is 0.143. The number of nitrogen functional groups attached to an aromatic ring is 1. The van der Waals surface area contributed by atoms with E-state index in [1.165, 1.54) is 4.68 Å². The van der Waals surface area contributed by atoms with Crippen molar-refractivity contribution in [3.63, 3.8) is 0 Å². The zero-order valence-corrected chi connectivity index (χ0v) is 10.5. The van der Waals surface area contributed by atoms with Crippen molar-refractivity contribution in [3.05, 3.63) is 23.8 Å². The Morgan fingerprint density at radius 2 is 2.25 bits per heavy atom. The van der Waals surface area contributed by atoms with Gasteiger partial charge in [0.05, 0.1) is 5.56 Å². The van der Waals surface area contributed by atoms with Crippen LogP contribution < -0.4 is 15.2 Å². The monoisotopic (exact) mass is 269 g/mol. The number of nitrogens with two attached hydrogens (primary N) is 1. The Bertz CT molecular complexity index is 728. The number of rotatable bonds is 3. The minimum atomic E-state index is 0.187. The first-order chi connectivity index (χ1) is 9.74. The van der Waals surface area contributed by atoms with E-state index < -0.39 is 0 Å². The van der Waals surface area contributed by atoms with E-state index in [9.17, 15) is 4.79 Å². The van der Waals surface area contributed by atoms with Gasteiger partial charge in [-0.3, -0.25) is 4.79 Å². The van der Waals surface area contributed by atoms with Crippen molar-refractivity contribution in [1.82, 2.24) is 9.78 Å². The summed E-state index contributed by atoms with van der Waals surface area (Å²) in [7, 11) is 0. The zero-order chi connectivity index (χ0) is 14.1. The van der Waals surface area contributed by atoms with Gasteiger partial charge in [0.15, 0.2) is 17.8 Å². The van der Waals surface area contributed by atoms with E-state index in [1.807, 2.05) is 0 Å². The normalized spacial score (nSPS) is 12.2. The van der Waals surface area contributed by atoms with Crippen LogP contribution in [0.1, 0.15) is 10.4 Å². The minimum absolute atomic E-state index is 0.187. The largest absolute Gasteiger partial charge is 0.454 e. The average molecular weight is 269 g/mol. The minimum Gasteiger partial charge on any atom is -0.454 e. The van der Waals surface area contributed by atoms with Gasteiger partial charge in [-0.15, -0.1) is 6.42 Å². The lowest BCUT2D eigenvalue weighted by Gasteiger charge is -2.00. The lowest BCUT2D eigenvalue weighted by molar-refractivity contribution is 0.112. The van der Waals surface area contributed by atoms with Crippen LogP contribution in [0.5, 0.6) is 11.5 Å². The number of ether oxygens (including phenoxy) is 2. The molecule has 0 amide bonds. The van der Waals surface area contributed by atoms with Crippen LogP contribution in [-0.2, 0) is 6.54 Å². The summed E-state index contributed by atoms with van der Waals surface area (Å²) in [6, 6.07) is 5.32. The lowest BCUT2D eigenvalue weighted by Crippen LogP contribution is -2.03. The molecule has 1 aliphatic rings. The Hall–Kier alpha value is -2.94. The van der Waals surface area contributed by atoms with E-state index >= 15 is 0 Å². The molecule has 0 spiro atoms. The SMILES string of the molecule is C#CCn1nc(-c2ccc3c(c2)OCO3)c(C=O)c1N. The number of aromatic nitrogens is 2. The predicted octanol–water partition coefficient (Wildman–Crippen LogP) is 1.31. The first kappa shape index (κ1) is 12.1. The smallest absolute Gasteiger partial charge is 0.231 e. The van der Waals surface area contributed by atoms with Crippen molar-refractivity contribution in [2.45, 2.75) is 6.54 Å². The number of fused-ring (bicyclic) bond motifs is 1. The molecule has 0 unspecified atom stereocenters. The van der Waals surface area contributed by atoms with Gasteiger partial charge in [0.25, 0.3) is 0 Å². The van der Waals surface area contributed by atoms with Crippen molar-refractivity contribution in [1.29, 1.82) is 0 Å². The summed E-state index contributed by atoms with van der Waals surface area (Å²) < 4.78 is 12.0. The topological polar surface area (TPSA) is 79.4 Å². The maximum Gasteiger partial charge on any atom is 0.231 e. The molecule has 0 atom stereocenters. The van der Waals surface area contributed by atoms with Crippen molar-refractivity contribution >= 4 is 12.1 Å². The van der Waals surface area contributed by atoms with E-state index in [2.05, 4.69) is 11.0 Å². The second-order valence-electron chi connectivity index (χ2n) is 4.20. The third-order valence-corrected chi connectivity index (χ3v) is 3.03. The van der Waals surface area contributed by atoms with Crippen LogP contribution in [0, 0.1) is 12.3 Å². The van der Waals surface area contributed by atoms with Gasteiger partial charge in [0, 0.05) is 5.56 Å². The van der Waals surface area contributed by atoms with Crippen LogP contribution >= 0.6 is 0 Å². The molecular weight excluding hydrogens is 258 g/mol. The van der Waals surface area contributed by atoms with Gasteiger partial charge < -0.3 is 15.2 Å². The summed E-state index contributed by atoms with van der Waals surface area (Å²) in [6.07, 6.45) is 5.93. The van der Waals surface area contributed by atoms with Crippen LogP contribution in [-0.4, -0.2) is 22.9 Å². The molecule has 1 aliphatic heterocycles. The molecule has 6 heteroatoms. The van der Waals surface area contributed by atoms with Crippen molar-refractivity contribution in [2.24, 2.45) is 0 Å². The molecular formula is C14H11N3O3. The number of carbonyl (C=O) groups is 1. The second kappa shape index (κ2) is 4.63. The highest BCUT2D eigenvalue weighted by atomic mass is 16.7. The van der Waals surface area contributed by atoms with Crippen molar-refractivity contribution in [2.75, 3.05) is 12.5 Å². The van der Waals surface area contributed by atoms with Gasteiger partial charge in [0.2, 0.25) is 6.79 Å². The highest BCUT2D eigenvalue weighted by Crippen LogP contribution is 2.36. The molecule has 2 N–H and O–H groups in total. The van der Waals surface area contributed by atoms with Gasteiger partial charge in [-0.05, 0) is 18.2 Å². The lowest BCUT2D eigenvalue weighted by atomic mass is 10.1. The number of terminal acetylenes is 1. The quantitative estimate of drug-likeness (QED) is 0.671. The Balaban J connectivity index is 2.12. The zero-order valence-electron chi connectivity index (χ0n) is 10.5. The summed E-state index contributed by atoms with van der Waals surface area (Å²) >= 11 is 0. The fourth-order valence-electron chi connectivity index (χ4n) is 2.07.